The van der Waals surface area contributed by atoms with Crippen LogP contribution in [0.15, 0.2) is 24.3 Å². The van der Waals surface area contributed by atoms with Gasteiger partial charge in [-0.3, -0.25) is 4.55 Å². The van der Waals surface area contributed by atoms with Gasteiger partial charge in [0, 0.05) is 10.9 Å². The minimum atomic E-state index is -3.67. The highest BCUT2D eigenvalue weighted by Gasteiger charge is 2.25. The van der Waals surface area contributed by atoms with E-state index in [1.165, 1.54) is 32.1 Å². The first-order valence-electron chi connectivity index (χ1n) is 7.10. The van der Waals surface area contributed by atoms with Gasteiger partial charge in [0.1, 0.15) is 0 Å². The third-order valence-electron chi connectivity index (χ3n) is 3.72. The molecular formula is C15H23ClO4S. The second-order valence-electron chi connectivity index (χ2n) is 5.44. The fourth-order valence-electron chi connectivity index (χ4n) is 2.81. The Morgan fingerprint density at radius 2 is 1.76 bits per heavy atom. The van der Waals surface area contributed by atoms with Crippen molar-refractivity contribution in [1.82, 2.24) is 0 Å². The largest absolute Gasteiger partial charge is 0.396 e. The van der Waals surface area contributed by atoms with E-state index in [4.69, 9.17) is 16.2 Å². The molecule has 0 heterocycles. The van der Waals surface area contributed by atoms with E-state index in [1.807, 2.05) is 18.2 Å². The van der Waals surface area contributed by atoms with Crippen LogP contribution in [0.5, 0.6) is 0 Å². The molecule has 0 bridgehead atoms. The number of aliphatic hydroxyl groups excluding tert-OH is 1. The fourth-order valence-corrected chi connectivity index (χ4v) is 3.09. The van der Waals surface area contributed by atoms with E-state index >= 15 is 0 Å². The zero-order valence-corrected chi connectivity index (χ0v) is 13.8. The molecule has 1 saturated carbocycles. The molecule has 2 N–H and O–H groups in total. The first-order valence-corrected chi connectivity index (χ1v) is 9.33. The molecule has 0 spiro atoms. The zero-order chi connectivity index (χ0) is 15.9. The van der Waals surface area contributed by atoms with E-state index in [0.29, 0.717) is 12.2 Å². The Labute approximate surface area is 131 Å². The summed E-state index contributed by atoms with van der Waals surface area (Å²) in [7, 11) is -3.67. The molecular weight excluding hydrogens is 312 g/mol. The molecule has 21 heavy (non-hydrogen) atoms. The Morgan fingerprint density at radius 3 is 2.24 bits per heavy atom. The number of hydrogen-bond donors (Lipinski definition) is 2. The van der Waals surface area contributed by atoms with Gasteiger partial charge in [-0.15, -0.1) is 0 Å². The first kappa shape index (κ1) is 18.4. The van der Waals surface area contributed by atoms with Crippen molar-refractivity contribution in [1.29, 1.82) is 0 Å². The summed E-state index contributed by atoms with van der Waals surface area (Å²) in [4.78, 5) is 0. The third-order valence-corrected chi connectivity index (χ3v) is 4.06. The van der Waals surface area contributed by atoms with Crippen LogP contribution in [-0.2, 0) is 10.1 Å². The summed E-state index contributed by atoms with van der Waals surface area (Å²) in [5, 5.41) is 10.4. The number of hydrogen-bond acceptors (Lipinski definition) is 3. The molecule has 1 unspecified atom stereocenters. The lowest BCUT2D eigenvalue weighted by Crippen LogP contribution is -2.19. The summed E-state index contributed by atoms with van der Waals surface area (Å²) < 4.78 is 25.9. The van der Waals surface area contributed by atoms with Crippen LogP contribution in [-0.4, -0.2) is 30.9 Å². The van der Waals surface area contributed by atoms with Crippen molar-refractivity contribution in [3.63, 3.8) is 0 Å². The van der Waals surface area contributed by atoms with Gasteiger partial charge in [-0.05, 0) is 30.4 Å². The average Bonchev–Trinajstić information content (AvgIpc) is 2.41. The van der Waals surface area contributed by atoms with Crippen molar-refractivity contribution in [2.75, 3.05) is 12.9 Å². The number of halogens is 1. The highest BCUT2D eigenvalue weighted by molar-refractivity contribution is 7.85. The summed E-state index contributed by atoms with van der Waals surface area (Å²) >= 11 is 6.21. The lowest BCUT2D eigenvalue weighted by Gasteiger charge is -2.29. The number of aliphatic hydroxyl groups is 1. The maximum atomic E-state index is 9.60. The van der Waals surface area contributed by atoms with Crippen LogP contribution < -0.4 is 0 Å². The molecule has 4 nitrogen and oxygen atoms in total. The molecule has 2 rings (SSSR count). The van der Waals surface area contributed by atoms with Crippen molar-refractivity contribution in [2.45, 2.75) is 38.0 Å². The number of benzene rings is 1. The first-order chi connectivity index (χ1) is 9.83. The van der Waals surface area contributed by atoms with Gasteiger partial charge in [0.25, 0.3) is 10.1 Å². The van der Waals surface area contributed by atoms with Crippen molar-refractivity contribution in [2.24, 2.45) is 5.92 Å². The van der Waals surface area contributed by atoms with Crippen molar-refractivity contribution in [3.8, 4) is 0 Å². The molecule has 0 saturated heterocycles. The fraction of sp³-hybridized carbons (Fsp3) is 0.600. The highest BCUT2D eigenvalue weighted by Crippen LogP contribution is 2.38. The van der Waals surface area contributed by atoms with Crippen molar-refractivity contribution in [3.05, 3.63) is 34.9 Å². The van der Waals surface area contributed by atoms with Crippen LogP contribution in [0.3, 0.4) is 0 Å². The quantitative estimate of drug-likeness (QED) is 0.830. The van der Waals surface area contributed by atoms with Crippen LogP contribution in [0, 0.1) is 5.92 Å². The summed E-state index contributed by atoms with van der Waals surface area (Å²) in [6.45, 7) is 0.217. The Hall–Kier alpha value is -0.620. The molecule has 1 aliphatic carbocycles. The third kappa shape index (κ3) is 7.27. The summed E-state index contributed by atoms with van der Waals surface area (Å²) in [5.74, 6) is 0.840. The topological polar surface area (TPSA) is 74.6 Å². The normalized spacial score (nSPS) is 17.7. The molecule has 0 aromatic heterocycles. The predicted molar refractivity (Wildman–Crippen MR) is 85.3 cm³/mol. The van der Waals surface area contributed by atoms with Gasteiger partial charge in [-0.25, -0.2) is 0 Å². The second kappa shape index (κ2) is 8.73. The summed E-state index contributed by atoms with van der Waals surface area (Å²) in [5.41, 5.74) is 1.12. The van der Waals surface area contributed by atoms with Gasteiger partial charge in [-0.1, -0.05) is 49.1 Å². The standard InChI is InChI=1S/C14H19ClO.CH4O3S/c15-14-9-5-4-8-12(14)13(10-16)11-6-2-1-3-7-11;1-5(2,3)4/h4-5,8-9,11,13,16H,1-3,6-7,10H2;1H3,(H,2,3,4). The van der Waals surface area contributed by atoms with E-state index in [9.17, 15) is 13.5 Å². The molecule has 0 aliphatic heterocycles. The lowest BCUT2D eigenvalue weighted by molar-refractivity contribution is 0.196. The molecule has 120 valence electrons. The van der Waals surface area contributed by atoms with Crippen LogP contribution in [0.4, 0.5) is 0 Å². The molecule has 0 radical (unpaired) electrons. The van der Waals surface area contributed by atoms with Gasteiger partial charge < -0.3 is 5.11 Å². The van der Waals surface area contributed by atoms with Gasteiger partial charge in [0.05, 0.1) is 12.9 Å². The van der Waals surface area contributed by atoms with Crippen LogP contribution in [0.1, 0.15) is 43.6 Å². The van der Waals surface area contributed by atoms with Gasteiger partial charge in [0.2, 0.25) is 0 Å². The van der Waals surface area contributed by atoms with Crippen LogP contribution >= 0.6 is 11.6 Å². The predicted octanol–water partition coefficient (Wildman–Crippen LogP) is 3.50. The van der Waals surface area contributed by atoms with E-state index < -0.39 is 10.1 Å². The molecule has 1 aromatic carbocycles. The van der Waals surface area contributed by atoms with Gasteiger partial charge in [-0.2, -0.15) is 8.42 Å². The van der Waals surface area contributed by atoms with Crippen LogP contribution in [0.25, 0.3) is 0 Å². The van der Waals surface area contributed by atoms with Crippen LogP contribution in [0.2, 0.25) is 5.02 Å². The molecule has 1 aliphatic rings. The molecule has 1 aromatic rings. The van der Waals surface area contributed by atoms with E-state index in [2.05, 4.69) is 6.07 Å². The van der Waals surface area contributed by atoms with Crippen molar-refractivity contribution < 1.29 is 18.1 Å². The number of rotatable bonds is 3. The molecule has 6 heteroatoms. The summed E-state index contributed by atoms with van der Waals surface area (Å²) in [6, 6.07) is 7.92. The van der Waals surface area contributed by atoms with Crippen molar-refractivity contribution >= 4 is 21.7 Å². The van der Waals surface area contributed by atoms with E-state index in [1.54, 1.807) is 0 Å². The molecule has 1 fully saturated rings. The minimum absolute atomic E-state index is 0.217. The maximum Gasteiger partial charge on any atom is 0.261 e. The second-order valence-corrected chi connectivity index (χ2v) is 7.31. The molecule has 0 amide bonds. The Kier molecular flexibility index (Phi) is 7.66. The van der Waals surface area contributed by atoms with E-state index in [-0.39, 0.29) is 12.5 Å². The van der Waals surface area contributed by atoms with Gasteiger partial charge >= 0.3 is 0 Å². The monoisotopic (exact) mass is 334 g/mol. The SMILES string of the molecule is CS(=O)(=O)O.OCC(c1ccccc1Cl)C1CCCCC1. The Morgan fingerprint density at radius 1 is 1.24 bits per heavy atom. The zero-order valence-electron chi connectivity index (χ0n) is 12.2. The molecule has 1 atom stereocenters. The Balaban J connectivity index is 0.000000383. The minimum Gasteiger partial charge on any atom is -0.396 e. The highest BCUT2D eigenvalue weighted by atomic mass is 35.5. The lowest BCUT2D eigenvalue weighted by atomic mass is 9.77. The average molecular weight is 335 g/mol. The summed E-state index contributed by atoms with van der Waals surface area (Å²) in [6.07, 6.45) is 7.12. The maximum absolute atomic E-state index is 9.60. The Bertz CT molecular complexity index is 516. The smallest absolute Gasteiger partial charge is 0.261 e. The van der Waals surface area contributed by atoms with Gasteiger partial charge in [0.15, 0.2) is 0 Å². The van der Waals surface area contributed by atoms with E-state index in [0.717, 1.165) is 10.6 Å².